The average Bonchev–Trinajstić information content (AvgIpc) is 2.38. The molecular formula is C16H22O3. The van der Waals surface area contributed by atoms with Gasteiger partial charge in [0.25, 0.3) is 0 Å². The normalized spacial score (nSPS) is 10.5. The molecule has 0 unspecified atom stereocenters. The lowest BCUT2D eigenvalue weighted by molar-refractivity contribution is -0.131. The Balaban J connectivity index is 2.77. The Labute approximate surface area is 115 Å². The highest BCUT2D eigenvalue weighted by molar-refractivity contribution is 5.97. The van der Waals surface area contributed by atoms with Gasteiger partial charge in [0, 0.05) is 18.4 Å². The molecule has 0 saturated carbocycles. The maximum absolute atomic E-state index is 12.4. The van der Waals surface area contributed by atoms with Crippen LogP contribution in [0.3, 0.4) is 0 Å². The Kier molecular flexibility index (Phi) is 6.26. The minimum atomic E-state index is -0.353. The lowest BCUT2D eigenvalue weighted by Crippen LogP contribution is -2.14. The Morgan fingerprint density at radius 1 is 1.05 bits per heavy atom. The zero-order chi connectivity index (χ0) is 14.3. The van der Waals surface area contributed by atoms with Crippen LogP contribution in [0.15, 0.2) is 24.3 Å². The van der Waals surface area contributed by atoms with Crippen LogP contribution < -0.4 is 4.74 Å². The van der Waals surface area contributed by atoms with Crippen LogP contribution in [-0.2, 0) is 4.79 Å². The topological polar surface area (TPSA) is 43.4 Å². The molecule has 0 heterocycles. The van der Waals surface area contributed by atoms with E-state index in [-0.39, 0.29) is 17.7 Å². The summed E-state index contributed by atoms with van der Waals surface area (Å²) >= 11 is 0. The minimum absolute atomic E-state index is 0.106. The fourth-order valence-electron chi connectivity index (χ4n) is 2.19. The van der Waals surface area contributed by atoms with E-state index in [0.717, 1.165) is 25.7 Å². The van der Waals surface area contributed by atoms with Crippen molar-refractivity contribution in [1.29, 1.82) is 0 Å². The summed E-state index contributed by atoms with van der Waals surface area (Å²) in [4.78, 5) is 23.2. The first-order valence-electron chi connectivity index (χ1n) is 6.91. The fourth-order valence-corrected chi connectivity index (χ4v) is 2.19. The molecule has 1 rings (SSSR count). The van der Waals surface area contributed by atoms with Crippen LogP contribution in [0.5, 0.6) is 5.75 Å². The third-order valence-corrected chi connectivity index (χ3v) is 3.05. The molecule has 0 N–H and O–H groups in total. The first kappa shape index (κ1) is 15.4. The number of hydrogen-bond acceptors (Lipinski definition) is 3. The smallest absolute Gasteiger partial charge is 0.308 e. The van der Waals surface area contributed by atoms with Gasteiger partial charge in [-0.25, -0.2) is 0 Å². The van der Waals surface area contributed by atoms with Crippen LogP contribution in [0.2, 0.25) is 0 Å². The summed E-state index contributed by atoms with van der Waals surface area (Å²) in [5, 5.41) is 0. The standard InChI is InChI=1S/C16H22O3/c1-4-6-13(7-5-2)16(18)14-8-10-15(11-9-14)19-12(3)17/h8-11,13H,4-7H2,1-3H3. The van der Waals surface area contributed by atoms with Crippen LogP contribution in [0.4, 0.5) is 0 Å². The van der Waals surface area contributed by atoms with Gasteiger partial charge in [-0.15, -0.1) is 0 Å². The van der Waals surface area contributed by atoms with E-state index >= 15 is 0 Å². The number of carbonyl (C=O) groups is 2. The highest BCUT2D eigenvalue weighted by Crippen LogP contribution is 2.21. The summed E-state index contributed by atoms with van der Waals surface area (Å²) in [5.41, 5.74) is 0.697. The highest BCUT2D eigenvalue weighted by Gasteiger charge is 2.18. The third kappa shape index (κ3) is 4.86. The Hall–Kier alpha value is -1.64. The fraction of sp³-hybridized carbons (Fsp3) is 0.500. The first-order valence-corrected chi connectivity index (χ1v) is 6.91. The Morgan fingerprint density at radius 2 is 1.58 bits per heavy atom. The molecule has 0 bridgehead atoms. The summed E-state index contributed by atoms with van der Waals surface area (Å²) in [6, 6.07) is 6.81. The van der Waals surface area contributed by atoms with Crippen LogP contribution in [-0.4, -0.2) is 11.8 Å². The van der Waals surface area contributed by atoms with Gasteiger partial charge in [0.2, 0.25) is 0 Å². The molecule has 0 aliphatic rings. The third-order valence-electron chi connectivity index (χ3n) is 3.05. The molecule has 3 nitrogen and oxygen atoms in total. The second kappa shape index (κ2) is 7.72. The zero-order valence-corrected chi connectivity index (χ0v) is 11.9. The maximum Gasteiger partial charge on any atom is 0.308 e. The van der Waals surface area contributed by atoms with Crippen molar-refractivity contribution in [2.24, 2.45) is 5.92 Å². The average molecular weight is 262 g/mol. The molecule has 3 heteroatoms. The number of ketones is 1. The monoisotopic (exact) mass is 262 g/mol. The van der Waals surface area contributed by atoms with Crippen molar-refractivity contribution >= 4 is 11.8 Å². The van der Waals surface area contributed by atoms with E-state index in [1.54, 1.807) is 24.3 Å². The van der Waals surface area contributed by atoms with Crippen molar-refractivity contribution in [3.8, 4) is 5.75 Å². The van der Waals surface area contributed by atoms with E-state index in [9.17, 15) is 9.59 Å². The summed E-state index contributed by atoms with van der Waals surface area (Å²) in [7, 11) is 0. The number of esters is 1. The molecule has 1 aromatic carbocycles. The molecule has 0 radical (unpaired) electrons. The summed E-state index contributed by atoms with van der Waals surface area (Å²) in [5.74, 6) is 0.424. The number of carbonyl (C=O) groups excluding carboxylic acids is 2. The number of Topliss-reactive ketones (excluding diaryl/α,β-unsaturated/α-hetero) is 1. The molecule has 0 aliphatic carbocycles. The Bertz CT molecular complexity index is 414. The van der Waals surface area contributed by atoms with Gasteiger partial charge in [-0.05, 0) is 37.1 Å². The van der Waals surface area contributed by atoms with Crippen LogP contribution in [0.1, 0.15) is 56.8 Å². The van der Waals surface area contributed by atoms with E-state index in [4.69, 9.17) is 4.74 Å². The molecule has 0 fully saturated rings. The van der Waals surface area contributed by atoms with Crippen molar-refractivity contribution < 1.29 is 14.3 Å². The number of hydrogen-bond donors (Lipinski definition) is 0. The van der Waals surface area contributed by atoms with Gasteiger partial charge in [0.1, 0.15) is 5.75 Å². The quantitative estimate of drug-likeness (QED) is 0.423. The highest BCUT2D eigenvalue weighted by atomic mass is 16.5. The second-order valence-corrected chi connectivity index (χ2v) is 4.76. The summed E-state index contributed by atoms with van der Waals surface area (Å²) < 4.78 is 4.95. The van der Waals surface area contributed by atoms with E-state index in [1.165, 1.54) is 6.92 Å². The molecule has 0 amide bonds. The largest absolute Gasteiger partial charge is 0.427 e. The SMILES string of the molecule is CCCC(CCC)C(=O)c1ccc(OC(C)=O)cc1. The predicted octanol–water partition coefficient (Wildman–Crippen LogP) is 4.01. The van der Waals surface area contributed by atoms with Gasteiger partial charge in [-0.1, -0.05) is 26.7 Å². The number of ether oxygens (including phenoxy) is 1. The van der Waals surface area contributed by atoms with Gasteiger partial charge >= 0.3 is 5.97 Å². The molecule has 0 atom stereocenters. The molecular weight excluding hydrogens is 240 g/mol. The van der Waals surface area contributed by atoms with Crippen molar-refractivity contribution in [1.82, 2.24) is 0 Å². The molecule has 19 heavy (non-hydrogen) atoms. The lowest BCUT2D eigenvalue weighted by atomic mass is 9.90. The van der Waals surface area contributed by atoms with Gasteiger partial charge in [0.05, 0.1) is 0 Å². The molecule has 1 aromatic rings. The van der Waals surface area contributed by atoms with Crippen molar-refractivity contribution in [3.63, 3.8) is 0 Å². The zero-order valence-electron chi connectivity index (χ0n) is 11.9. The lowest BCUT2D eigenvalue weighted by Gasteiger charge is -2.14. The number of benzene rings is 1. The maximum atomic E-state index is 12.4. The molecule has 0 aliphatic heterocycles. The van der Waals surface area contributed by atoms with Gasteiger partial charge in [-0.2, -0.15) is 0 Å². The van der Waals surface area contributed by atoms with Crippen molar-refractivity contribution in [2.45, 2.75) is 46.5 Å². The van der Waals surface area contributed by atoms with E-state index in [1.807, 2.05) is 0 Å². The van der Waals surface area contributed by atoms with E-state index < -0.39 is 0 Å². The molecule has 0 saturated heterocycles. The summed E-state index contributed by atoms with van der Waals surface area (Å²) in [6.07, 6.45) is 3.89. The van der Waals surface area contributed by atoms with Gasteiger partial charge in [-0.3, -0.25) is 9.59 Å². The molecule has 0 spiro atoms. The van der Waals surface area contributed by atoms with E-state index in [0.29, 0.717) is 11.3 Å². The van der Waals surface area contributed by atoms with Crippen LogP contribution in [0, 0.1) is 5.92 Å². The molecule has 0 aromatic heterocycles. The van der Waals surface area contributed by atoms with Gasteiger partial charge in [0.15, 0.2) is 5.78 Å². The van der Waals surface area contributed by atoms with Crippen LogP contribution >= 0.6 is 0 Å². The van der Waals surface area contributed by atoms with Gasteiger partial charge < -0.3 is 4.74 Å². The van der Waals surface area contributed by atoms with Crippen LogP contribution in [0.25, 0.3) is 0 Å². The Morgan fingerprint density at radius 3 is 2.00 bits per heavy atom. The number of rotatable bonds is 7. The minimum Gasteiger partial charge on any atom is -0.427 e. The van der Waals surface area contributed by atoms with Crippen molar-refractivity contribution in [2.75, 3.05) is 0 Å². The predicted molar refractivity (Wildman–Crippen MR) is 75.4 cm³/mol. The molecule has 104 valence electrons. The first-order chi connectivity index (χ1) is 9.08. The van der Waals surface area contributed by atoms with E-state index in [2.05, 4.69) is 13.8 Å². The van der Waals surface area contributed by atoms with Crippen molar-refractivity contribution in [3.05, 3.63) is 29.8 Å². The summed E-state index contributed by atoms with van der Waals surface area (Å²) in [6.45, 7) is 5.55. The second-order valence-electron chi connectivity index (χ2n) is 4.76.